The van der Waals surface area contributed by atoms with Crippen molar-refractivity contribution in [2.45, 2.75) is 33.2 Å². The summed E-state index contributed by atoms with van der Waals surface area (Å²) in [5.74, 6) is 0.180. The highest BCUT2D eigenvalue weighted by molar-refractivity contribution is 6.12. The Morgan fingerprint density at radius 3 is 2.42 bits per heavy atom. The fourth-order valence-electron chi connectivity index (χ4n) is 5.25. The van der Waals surface area contributed by atoms with Gasteiger partial charge in [0.25, 0.3) is 11.5 Å². The van der Waals surface area contributed by atoms with Crippen molar-refractivity contribution in [3.05, 3.63) is 93.7 Å². The summed E-state index contributed by atoms with van der Waals surface area (Å²) in [6.07, 6.45) is 2.28. The standard InChI is InChI=1S/C31H29N5O4/c1-17-13-23-15-25(20-9-11-21(12-10-20)26-18(2)40-35(3)31(26)39)36(16-19-7-8-19)28(23)27(33-17)30(38)34-24-6-4-5-22(14-24)29(32)37/h4-6,9-15,19H,7-8,16H2,1-3H3,(H2,32,37)(H,34,38). The molecule has 3 aromatic heterocycles. The molecule has 3 heterocycles. The first-order chi connectivity index (χ1) is 19.2. The van der Waals surface area contributed by atoms with Gasteiger partial charge in [-0.15, -0.1) is 0 Å². The van der Waals surface area contributed by atoms with Crippen molar-refractivity contribution in [1.82, 2.24) is 14.3 Å². The molecule has 1 aliphatic rings. The minimum absolute atomic E-state index is 0.174. The highest BCUT2D eigenvalue weighted by Gasteiger charge is 2.27. The van der Waals surface area contributed by atoms with Crippen molar-refractivity contribution in [2.24, 2.45) is 18.7 Å². The van der Waals surface area contributed by atoms with Crippen molar-refractivity contribution >= 4 is 28.4 Å². The maximum atomic E-state index is 13.6. The number of aromatic nitrogens is 3. The van der Waals surface area contributed by atoms with E-state index in [1.54, 1.807) is 38.2 Å². The third-order valence-corrected chi connectivity index (χ3v) is 7.36. The number of carbonyl (C=O) groups is 2. The smallest absolute Gasteiger partial charge is 0.290 e. The molecule has 3 N–H and O–H groups in total. The van der Waals surface area contributed by atoms with Crippen LogP contribution < -0.4 is 16.6 Å². The highest BCUT2D eigenvalue weighted by Crippen LogP contribution is 2.37. The monoisotopic (exact) mass is 535 g/mol. The van der Waals surface area contributed by atoms with Crippen molar-refractivity contribution in [2.75, 3.05) is 5.32 Å². The topological polar surface area (TPSA) is 125 Å². The lowest BCUT2D eigenvalue weighted by atomic mass is 10.0. The average molecular weight is 536 g/mol. The van der Waals surface area contributed by atoms with Gasteiger partial charge in [0, 0.05) is 41.6 Å². The van der Waals surface area contributed by atoms with E-state index in [9.17, 15) is 14.4 Å². The zero-order chi connectivity index (χ0) is 28.1. The quantitative estimate of drug-likeness (QED) is 0.302. The number of nitrogens with one attached hydrogen (secondary N) is 1. The minimum Gasteiger partial charge on any atom is -0.381 e. The summed E-state index contributed by atoms with van der Waals surface area (Å²) < 4.78 is 8.88. The van der Waals surface area contributed by atoms with Crippen molar-refractivity contribution < 1.29 is 14.1 Å². The van der Waals surface area contributed by atoms with Gasteiger partial charge in [-0.2, -0.15) is 4.74 Å². The molecule has 0 bridgehead atoms. The van der Waals surface area contributed by atoms with Crippen LogP contribution in [0, 0.1) is 19.8 Å². The predicted octanol–water partition coefficient (Wildman–Crippen LogP) is 5.04. The van der Waals surface area contributed by atoms with Crippen LogP contribution >= 0.6 is 0 Å². The third-order valence-electron chi connectivity index (χ3n) is 7.36. The van der Waals surface area contributed by atoms with Crippen molar-refractivity contribution in [3.63, 3.8) is 0 Å². The number of carbonyl (C=O) groups excluding carboxylic acids is 2. The van der Waals surface area contributed by atoms with Crippen molar-refractivity contribution in [1.29, 1.82) is 0 Å². The van der Waals surface area contributed by atoms with Gasteiger partial charge in [-0.1, -0.05) is 30.3 Å². The number of pyridine rings is 1. The zero-order valence-corrected chi connectivity index (χ0v) is 22.5. The first-order valence-electron chi connectivity index (χ1n) is 13.2. The number of hydrogen-bond donors (Lipinski definition) is 2. The second-order valence-corrected chi connectivity index (χ2v) is 10.4. The van der Waals surface area contributed by atoms with Gasteiger partial charge in [-0.3, -0.25) is 14.4 Å². The number of rotatable bonds is 7. The van der Waals surface area contributed by atoms with Crippen LogP contribution in [0.1, 0.15) is 45.1 Å². The molecule has 1 fully saturated rings. The average Bonchev–Trinajstić information content (AvgIpc) is 3.62. The molecule has 40 heavy (non-hydrogen) atoms. The molecule has 202 valence electrons. The van der Waals surface area contributed by atoms with E-state index in [0.29, 0.717) is 34.2 Å². The summed E-state index contributed by atoms with van der Waals surface area (Å²) in [4.78, 5) is 42.4. The lowest BCUT2D eigenvalue weighted by Crippen LogP contribution is -2.17. The Bertz CT molecular complexity index is 1860. The van der Waals surface area contributed by atoms with E-state index in [1.165, 1.54) is 4.74 Å². The summed E-state index contributed by atoms with van der Waals surface area (Å²) in [6, 6.07) is 18.5. The Kier molecular flexibility index (Phi) is 6.14. The normalized spacial score (nSPS) is 13.1. The number of primary amides is 1. The van der Waals surface area contributed by atoms with Gasteiger partial charge < -0.3 is 20.1 Å². The zero-order valence-electron chi connectivity index (χ0n) is 22.5. The van der Waals surface area contributed by atoms with Crippen LogP contribution in [0.25, 0.3) is 33.3 Å². The van der Waals surface area contributed by atoms with Gasteiger partial charge in [0.15, 0.2) is 5.69 Å². The predicted molar refractivity (Wildman–Crippen MR) is 153 cm³/mol. The van der Waals surface area contributed by atoms with E-state index in [-0.39, 0.29) is 11.5 Å². The van der Waals surface area contributed by atoms with Gasteiger partial charge in [-0.25, -0.2) is 4.98 Å². The maximum Gasteiger partial charge on any atom is 0.290 e. The van der Waals surface area contributed by atoms with E-state index in [0.717, 1.165) is 52.8 Å². The summed E-state index contributed by atoms with van der Waals surface area (Å²) in [7, 11) is 1.60. The molecule has 1 aliphatic carbocycles. The first kappa shape index (κ1) is 25.4. The summed E-state index contributed by atoms with van der Waals surface area (Å²) >= 11 is 0. The number of nitrogens with zero attached hydrogens (tertiary/aromatic N) is 3. The summed E-state index contributed by atoms with van der Waals surface area (Å²) in [6.45, 7) is 4.42. The summed E-state index contributed by atoms with van der Waals surface area (Å²) in [5, 5.41) is 3.81. The molecule has 5 aromatic rings. The molecule has 9 nitrogen and oxygen atoms in total. The SMILES string of the molecule is Cc1cc2cc(-c3ccc(-c4c(C)on(C)c4=O)cc3)n(CC3CC3)c2c(C(=O)Nc2cccc(C(N)=O)c2)n1. The van der Waals surface area contributed by atoms with E-state index >= 15 is 0 Å². The molecular weight excluding hydrogens is 506 g/mol. The number of hydrogen-bond acceptors (Lipinski definition) is 5. The highest BCUT2D eigenvalue weighted by atomic mass is 16.5. The molecule has 0 spiro atoms. The van der Waals surface area contributed by atoms with Gasteiger partial charge in [0.05, 0.1) is 11.1 Å². The third kappa shape index (κ3) is 4.59. The molecule has 2 aromatic carbocycles. The van der Waals surface area contributed by atoms with Crippen LogP contribution in [0.2, 0.25) is 0 Å². The number of nitrogens with two attached hydrogens (primary N) is 1. The van der Waals surface area contributed by atoms with E-state index in [1.807, 2.05) is 37.3 Å². The molecule has 0 saturated heterocycles. The molecule has 2 amide bonds. The second-order valence-electron chi connectivity index (χ2n) is 10.4. The molecule has 0 unspecified atom stereocenters. The molecule has 0 atom stereocenters. The summed E-state index contributed by atoms with van der Waals surface area (Å²) in [5.41, 5.74) is 11.1. The van der Waals surface area contributed by atoms with Crippen LogP contribution in [0.5, 0.6) is 0 Å². The van der Waals surface area contributed by atoms with Gasteiger partial charge in [-0.05, 0) is 74.1 Å². The fourth-order valence-corrected chi connectivity index (χ4v) is 5.25. The Labute approximate surface area is 230 Å². The largest absolute Gasteiger partial charge is 0.381 e. The van der Waals surface area contributed by atoms with Crippen LogP contribution in [-0.2, 0) is 13.6 Å². The minimum atomic E-state index is -0.565. The number of benzene rings is 2. The second kappa shape index (κ2) is 9.68. The maximum absolute atomic E-state index is 13.6. The van der Waals surface area contributed by atoms with Gasteiger partial charge in [0.1, 0.15) is 5.76 Å². The first-order valence-corrected chi connectivity index (χ1v) is 13.2. The van der Waals surface area contributed by atoms with Crippen LogP contribution in [-0.4, -0.2) is 26.1 Å². The van der Waals surface area contributed by atoms with Gasteiger partial charge >= 0.3 is 0 Å². The van der Waals surface area contributed by atoms with Crippen LogP contribution in [0.15, 0.2) is 70.0 Å². The van der Waals surface area contributed by atoms with Crippen molar-refractivity contribution in [3.8, 4) is 22.4 Å². The number of anilines is 1. The van der Waals surface area contributed by atoms with Gasteiger partial charge in [0.2, 0.25) is 5.91 Å². The number of fused-ring (bicyclic) bond motifs is 1. The van der Waals surface area contributed by atoms with E-state index < -0.39 is 5.91 Å². The van der Waals surface area contributed by atoms with E-state index in [4.69, 9.17) is 10.3 Å². The Balaban J connectivity index is 1.44. The molecule has 6 rings (SSSR count). The Hall–Kier alpha value is -4.92. The molecule has 0 aliphatic heterocycles. The number of aryl methyl sites for hydroxylation is 3. The lowest BCUT2D eigenvalue weighted by Gasteiger charge is -2.14. The van der Waals surface area contributed by atoms with Crippen LogP contribution in [0.3, 0.4) is 0 Å². The molecular formula is C31H29N5O4. The lowest BCUT2D eigenvalue weighted by molar-refractivity contribution is 0.0995. The Morgan fingerprint density at radius 1 is 1.05 bits per heavy atom. The Morgan fingerprint density at radius 2 is 1.77 bits per heavy atom. The molecule has 9 heteroatoms. The van der Waals surface area contributed by atoms with E-state index in [2.05, 4.69) is 20.9 Å². The molecule has 0 radical (unpaired) electrons. The van der Waals surface area contributed by atoms with Crippen LogP contribution in [0.4, 0.5) is 5.69 Å². The number of amides is 2. The molecule has 1 saturated carbocycles. The fraction of sp³-hybridized carbons (Fsp3) is 0.226.